The Morgan fingerprint density at radius 1 is 1.47 bits per heavy atom. The fourth-order valence-corrected chi connectivity index (χ4v) is 1.57. The Morgan fingerprint density at radius 2 is 2.29 bits per heavy atom. The quantitative estimate of drug-likeness (QED) is 0.870. The molecule has 0 aromatic carbocycles. The lowest BCUT2D eigenvalue weighted by atomic mass is 10.1. The van der Waals surface area contributed by atoms with E-state index in [0.29, 0.717) is 18.3 Å². The van der Waals surface area contributed by atoms with E-state index < -0.39 is 0 Å². The van der Waals surface area contributed by atoms with E-state index in [1.807, 2.05) is 26.0 Å². The summed E-state index contributed by atoms with van der Waals surface area (Å²) >= 11 is 0. The van der Waals surface area contributed by atoms with Crippen molar-refractivity contribution in [2.75, 3.05) is 6.54 Å². The number of pyridine rings is 1. The number of rotatable bonds is 4. The normalized spacial score (nSPS) is 12.6. The average molecular weight is 232 g/mol. The molecule has 0 fully saturated rings. The number of aromatic nitrogens is 3. The molecule has 1 atom stereocenters. The van der Waals surface area contributed by atoms with E-state index in [-0.39, 0.29) is 5.92 Å². The zero-order chi connectivity index (χ0) is 12.3. The van der Waals surface area contributed by atoms with Gasteiger partial charge in [-0.1, -0.05) is 12.1 Å². The van der Waals surface area contributed by atoms with Gasteiger partial charge in [0.2, 0.25) is 11.7 Å². The van der Waals surface area contributed by atoms with Crippen molar-refractivity contribution in [3.63, 3.8) is 0 Å². The van der Waals surface area contributed by atoms with E-state index in [1.165, 1.54) is 0 Å². The van der Waals surface area contributed by atoms with E-state index in [2.05, 4.69) is 15.1 Å². The lowest BCUT2D eigenvalue weighted by Gasteiger charge is -2.01. The Labute approximate surface area is 100 Å². The average Bonchev–Trinajstić information content (AvgIpc) is 2.78. The number of hydrogen-bond acceptors (Lipinski definition) is 5. The summed E-state index contributed by atoms with van der Waals surface area (Å²) in [7, 11) is 0. The molecule has 2 N–H and O–H groups in total. The summed E-state index contributed by atoms with van der Waals surface area (Å²) in [4.78, 5) is 8.56. The topological polar surface area (TPSA) is 77.8 Å². The lowest BCUT2D eigenvalue weighted by molar-refractivity contribution is 0.355. The maximum atomic E-state index is 5.50. The zero-order valence-corrected chi connectivity index (χ0v) is 10.1. The predicted octanol–water partition coefficient (Wildman–Crippen LogP) is 1.89. The molecular weight excluding hydrogens is 216 g/mol. The van der Waals surface area contributed by atoms with Crippen molar-refractivity contribution in [2.24, 2.45) is 5.73 Å². The molecule has 0 bridgehead atoms. The van der Waals surface area contributed by atoms with Gasteiger partial charge < -0.3 is 10.3 Å². The van der Waals surface area contributed by atoms with Crippen LogP contribution >= 0.6 is 0 Å². The minimum atomic E-state index is 0.186. The zero-order valence-electron chi connectivity index (χ0n) is 10.1. The van der Waals surface area contributed by atoms with Crippen molar-refractivity contribution in [3.8, 4) is 11.5 Å². The number of hydrogen-bond donors (Lipinski definition) is 1. The van der Waals surface area contributed by atoms with E-state index in [1.54, 1.807) is 6.20 Å². The van der Waals surface area contributed by atoms with Crippen molar-refractivity contribution in [1.29, 1.82) is 0 Å². The maximum absolute atomic E-state index is 5.50. The molecule has 0 aliphatic carbocycles. The summed E-state index contributed by atoms with van der Waals surface area (Å²) in [5.41, 5.74) is 7.36. The fraction of sp³-hybridized carbons (Fsp3) is 0.417. The van der Waals surface area contributed by atoms with Gasteiger partial charge in [-0.05, 0) is 37.6 Å². The van der Waals surface area contributed by atoms with Gasteiger partial charge in [-0.15, -0.1) is 0 Å². The summed E-state index contributed by atoms with van der Waals surface area (Å²) in [5, 5.41) is 3.94. The summed E-state index contributed by atoms with van der Waals surface area (Å²) in [6.07, 6.45) is 2.58. The highest BCUT2D eigenvalue weighted by Crippen LogP contribution is 2.20. The molecule has 1 unspecified atom stereocenters. The summed E-state index contributed by atoms with van der Waals surface area (Å²) in [6.45, 7) is 4.64. The van der Waals surface area contributed by atoms with E-state index in [9.17, 15) is 0 Å². The maximum Gasteiger partial charge on any atom is 0.229 e. The first-order chi connectivity index (χ1) is 8.20. The standard InChI is InChI=1S/C12H16N4O/c1-8-4-6-14-10(7-8)11-15-12(17-16-11)9(2)3-5-13/h4,6-7,9H,3,5,13H2,1-2H3. The Balaban J connectivity index is 2.23. The van der Waals surface area contributed by atoms with Gasteiger partial charge in [0.25, 0.3) is 0 Å². The molecule has 2 aromatic rings. The Kier molecular flexibility index (Phi) is 3.49. The molecule has 5 heteroatoms. The molecule has 5 nitrogen and oxygen atoms in total. The van der Waals surface area contributed by atoms with Gasteiger partial charge in [0, 0.05) is 12.1 Å². The molecule has 2 rings (SSSR count). The first-order valence-electron chi connectivity index (χ1n) is 5.67. The van der Waals surface area contributed by atoms with Crippen LogP contribution in [0.2, 0.25) is 0 Å². The second-order valence-electron chi connectivity index (χ2n) is 4.15. The number of nitrogens with two attached hydrogens (primary N) is 1. The van der Waals surface area contributed by atoms with Crippen LogP contribution in [0, 0.1) is 6.92 Å². The fourth-order valence-electron chi connectivity index (χ4n) is 1.57. The second kappa shape index (κ2) is 5.05. The van der Waals surface area contributed by atoms with E-state index in [4.69, 9.17) is 10.3 Å². The SMILES string of the molecule is Cc1ccnc(-c2noc(C(C)CCN)n2)c1. The largest absolute Gasteiger partial charge is 0.339 e. The molecule has 0 radical (unpaired) electrons. The van der Waals surface area contributed by atoms with Crippen LogP contribution in [-0.4, -0.2) is 21.7 Å². The highest BCUT2D eigenvalue weighted by Gasteiger charge is 2.15. The second-order valence-corrected chi connectivity index (χ2v) is 4.15. The predicted molar refractivity (Wildman–Crippen MR) is 64.4 cm³/mol. The highest BCUT2D eigenvalue weighted by molar-refractivity contribution is 5.48. The van der Waals surface area contributed by atoms with Gasteiger partial charge in [-0.25, -0.2) is 0 Å². The van der Waals surface area contributed by atoms with Crippen molar-refractivity contribution in [2.45, 2.75) is 26.2 Å². The Bertz CT molecular complexity index is 495. The molecule has 2 heterocycles. The molecular formula is C12H16N4O. The van der Waals surface area contributed by atoms with Gasteiger partial charge >= 0.3 is 0 Å². The number of nitrogens with zero attached hydrogens (tertiary/aromatic N) is 3. The lowest BCUT2D eigenvalue weighted by Crippen LogP contribution is -2.04. The van der Waals surface area contributed by atoms with Crippen LogP contribution in [0.15, 0.2) is 22.9 Å². The van der Waals surface area contributed by atoms with Crippen LogP contribution in [0.3, 0.4) is 0 Å². The summed E-state index contributed by atoms with van der Waals surface area (Å²) < 4.78 is 5.22. The van der Waals surface area contributed by atoms with Gasteiger partial charge in [0.05, 0.1) is 0 Å². The van der Waals surface area contributed by atoms with Crippen LogP contribution < -0.4 is 5.73 Å². The van der Waals surface area contributed by atoms with Crippen LogP contribution in [-0.2, 0) is 0 Å². The summed E-state index contributed by atoms with van der Waals surface area (Å²) in [5.74, 6) is 1.34. The molecule has 90 valence electrons. The molecule has 0 saturated carbocycles. The molecule has 0 aliphatic rings. The highest BCUT2D eigenvalue weighted by atomic mass is 16.5. The van der Waals surface area contributed by atoms with Crippen LogP contribution in [0.4, 0.5) is 0 Å². The third-order valence-electron chi connectivity index (χ3n) is 2.61. The third-order valence-corrected chi connectivity index (χ3v) is 2.61. The smallest absolute Gasteiger partial charge is 0.229 e. The van der Waals surface area contributed by atoms with Crippen LogP contribution in [0.25, 0.3) is 11.5 Å². The Hall–Kier alpha value is -1.75. The third kappa shape index (κ3) is 2.68. The van der Waals surface area contributed by atoms with Gasteiger partial charge in [-0.2, -0.15) is 4.98 Å². The first-order valence-corrected chi connectivity index (χ1v) is 5.67. The first kappa shape index (κ1) is 11.7. The summed E-state index contributed by atoms with van der Waals surface area (Å²) in [6, 6.07) is 3.86. The molecule has 17 heavy (non-hydrogen) atoms. The Morgan fingerprint density at radius 3 is 3.00 bits per heavy atom. The molecule has 0 amide bonds. The van der Waals surface area contributed by atoms with E-state index >= 15 is 0 Å². The van der Waals surface area contributed by atoms with Crippen LogP contribution in [0.5, 0.6) is 0 Å². The van der Waals surface area contributed by atoms with Crippen molar-refractivity contribution in [3.05, 3.63) is 29.8 Å². The monoisotopic (exact) mass is 232 g/mol. The van der Waals surface area contributed by atoms with Crippen molar-refractivity contribution < 1.29 is 4.52 Å². The van der Waals surface area contributed by atoms with Crippen molar-refractivity contribution in [1.82, 2.24) is 15.1 Å². The van der Waals surface area contributed by atoms with Gasteiger partial charge in [-0.3, -0.25) is 4.98 Å². The molecule has 2 aromatic heterocycles. The van der Waals surface area contributed by atoms with Crippen molar-refractivity contribution >= 4 is 0 Å². The number of aryl methyl sites for hydroxylation is 1. The van der Waals surface area contributed by atoms with Crippen LogP contribution in [0.1, 0.15) is 30.7 Å². The molecule has 0 aliphatic heterocycles. The molecule has 0 spiro atoms. The minimum absolute atomic E-state index is 0.186. The van der Waals surface area contributed by atoms with Gasteiger partial charge in [0.15, 0.2) is 0 Å². The molecule has 0 saturated heterocycles. The minimum Gasteiger partial charge on any atom is -0.339 e. The van der Waals surface area contributed by atoms with Gasteiger partial charge in [0.1, 0.15) is 5.69 Å². The van der Waals surface area contributed by atoms with E-state index in [0.717, 1.165) is 17.7 Å².